The van der Waals surface area contributed by atoms with Gasteiger partial charge in [0.25, 0.3) is 0 Å². The SMILES string of the molecule is CCCCC(C)[C@H](O)/C=C/[C@@H]1[C@@H](CCCC/C=C/C(=O)OC)[C@H](F)C[C@H]1O. The molecule has 27 heavy (non-hydrogen) atoms. The Balaban J connectivity index is 2.48. The number of alkyl halides is 1. The summed E-state index contributed by atoms with van der Waals surface area (Å²) >= 11 is 0. The zero-order valence-electron chi connectivity index (χ0n) is 17.0. The third-order valence-corrected chi connectivity index (χ3v) is 5.61. The number of hydrogen-bond acceptors (Lipinski definition) is 4. The van der Waals surface area contributed by atoms with Gasteiger partial charge in [-0.15, -0.1) is 0 Å². The van der Waals surface area contributed by atoms with Crippen molar-refractivity contribution in [2.24, 2.45) is 17.8 Å². The Hall–Kier alpha value is -1.20. The summed E-state index contributed by atoms with van der Waals surface area (Å²) in [5.41, 5.74) is 0. The van der Waals surface area contributed by atoms with Crippen LogP contribution in [0.25, 0.3) is 0 Å². The highest BCUT2D eigenvalue weighted by Gasteiger charge is 2.40. The number of ether oxygens (including phenoxy) is 1. The summed E-state index contributed by atoms with van der Waals surface area (Å²) in [5, 5.41) is 20.5. The largest absolute Gasteiger partial charge is 0.466 e. The molecule has 0 aliphatic heterocycles. The van der Waals surface area contributed by atoms with Crippen molar-refractivity contribution in [1.82, 2.24) is 0 Å². The van der Waals surface area contributed by atoms with Crippen LogP contribution in [-0.2, 0) is 9.53 Å². The van der Waals surface area contributed by atoms with Gasteiger partial charge in [-0.2, -0.15) is 0 Å². The second-order valence-corrected chi connectivity index (χ2v) is 7.77. The number of rotatable bonds is 12. The fourth-order valence-corrected chi connectivity index (χ4v) is 3.75. The Morgan fingerprint density at radius 3 is 2.74 bits per heavy atom. The monoisotopic (exact) mass is 384 g/mol. The van der Waals surface area contributed by atoms with Gasteiger partial charge in [-0.05, 0) is 37.5 Å². The van der Waals surface area contributed by atoms with Gasteiger partial charge in [0.05, 0.1) is 19.3 Å². The number of carbonyl (C=O) groups is 1. The normalized spacial score (nSPS) is 28.1. The van der Waals surface area contributed by atoms with Gasteiger partial charge in [-0.1, -0.05) is 51.3 Å². The van der Waals surface area contributed by atoms with Crippen molar-refractivity contribution in [2.75, 3.05) is 7.11 Å². The molecule has 0 amide bonds. The van der Waals surface area contributed by atoms with Crippen molar-refractivity contribution in [3.05, 3.63) is 24.3 Å². The van der Waals surface area contributed by atoms with E-state index in [0.717, 1.165) is 38.5 Å². The number of halogens is 1. The molecule has 1 unspecified atom stereocenters. The third-order valence-electron chi connectivity index (χ3n) is 5.61. The minimum absolute atomic E-state index is 0.168. The second kappa shape index (κ2) is 13.1. The first-order valence-electron chi connectivity index (χ1n) is 10.3. The molecule has 0 heterocycles. The fourth-order valence-electron chi connectivity index (χ4n) is 3.75. The quantitative estimate of drug-likeness (QED) is 0.227. The Labute approximate surface area is 163 Å². The van der Waals surface area contributed by atoms with Gasteiger partial charge in [0.1, 0.15) is 6.17 Å². The molecule has 0 aromatic rings. The molecular formula is C22H37FO4. The lowest BCUT2D eigenvalue weighted by Crippen LogP contribution is -2.21. The van der Waals surface area contributed by atoms with E-state index in [4.69, 9.17) is 0 Å². The van der Waals surface area contributed by atoms with Gasteiger partial charge < -0.3 is 14.9 Å². The summed E-state index contributed by atoms with van der Waals surface area (Å²) in [7, 11) is 1.34. The standard InChI is InChI=1S/C22H37FO4/c1-4-5-10-16(2)20(24)14-13-18-17(19(23)15-21(18)25)11-8-6-7-9-12-22(26)27-3/h9,12-14,16-21,24-25H,4-8,10-11,15H2,1-3H3/b12-9+,14-13+/t16?,17-,18-,19-,20-,21-/m1/s1. The summed E-state index contributed by atoms with van der Waals surface area (Å²) in [5.74, 6) is -0.645. The number of aliphatic hydroxyl groups excluding tert-OH is 2. The summed E-state index contributed by atoms with van der Waals surface area (Å²) in [4.78, 5) is 11.0. The van der Waals surface area contributed by atoms with E-state index in [0.29, 0.717) is 6.42 Å². The molecule has 1 aliphatic carbocycles. The van der Waals surface area contributed by atoms with Crippen molar-refractivity contribution in [1.29, 1.82) is 0 Å². The first-order valence-corrected chi connectivity index (χ1v) is 10.3. The highest BCUT2D eigenvalue weighted by molar-refractivity contribution is 5.81. The number of unbranched alkanes of at least 4 members (excludes halogenated alkanes) is 3. The van der Waals surface area contributed by atoms with Crippen molar-refractivity contribution in [3.63, 3.8) is 0 Å². The third kappa shape index (κ3) is 8.56. The van der Waals surface area contributed by atoms with Crippen molar-refractivity contribution in [3.8, 4) is 0 Å². The second-order valence-electron chi connectivity index (χ2n) is 7.77. The maximum Gasteiger partial charge on any atom is 0.330 e. The lowest BCUT2D eigenvalue weighted by molar-refractivity contribution is -0.134. The van der Waals surface area contributed by atoms with Gasteiger partial charge >= 0.3 is 5.97 Å². The maximum atomic E-state index is 14.3. The molecule has 1 saturated carbocycles. The first-order chi connectivity index (χ1) is 12.9. The maximum absolute atomic E-state index is 14.3. The van der Waals surface area contributed by atoms with Crippen LogP contribution in [0.5, 0.6) is 0 Å². The zero-order chi connectivity index (χ0) is 20.2. The van der Waals surface area contributed by atoms with Crippen molar-refractivity contribution < 1.29 is 24.1 Å². The van der Waals surface area contributed by atoms with E-state index in [9.17, 15) is 19.4 Å². The average molecular weight is 385 g/mol. The van der Waals surface area contributed by atoms with Crippen LogP contribution in [0.4, 0.5) is 4.39 Å². The van der Waals surface area contributed by atoms with E-state index in [-0.39, 0.29) is 30.1 Å². The predicted octanol–water partition coefficient (Wildman–Crippen LogP) is 4.35. The molecule has 1 fully saturated rings. The number of carbonyl (C=O) groups excluding carboxylic acids is 1. The van der Waals surface area contributed by atoms with E-state index >= 15 is 0 Å². The molecule has 1 rings (SSSR count). The zero-order valence-corrected chi connectivity index (χ0v) is 17.0. The van der Waals surface area contributed by atoms with E-state index in [1.807, 2.05) is 13.0 Å². The van der Waals surface area contributed by atoms with E-state index in [1.54, 1.807) is 12.2 Å². The highest BCUT2D eigenvalue weighted by atomic mass is 19.1. The number of aliphatic hydroxyl groups is 2. The molecule has 0 saturated heterocycles. The molecule has 0 radical (unpaired) electrons. The molecule has 1 aliphatic rings. The van der Waals surface area contributed by atoms with E-state index in [2.05, 4.69) is 11.7 Å². The smallest absolute Gasteiger partial charge is 0.330 e. The van der Waals surface area contributed by atoms with Crippen LogP contribution in [0.1, 0.15) is 65.2 Å². The molecule has 4 nitrogen and oxygen atoms in total. The van der Waals surface area contributed by atoms with E-state index in [1.165, 1.54) is 13.2 Å². The molecule has 156 valence electrons. The van der Waals surface area contributed by atoms with Gasteiger partial charge in [-0.25, -0.2) is 9.18 Å². The molecular weight excluding hydrogens is 347 g/mol. The average Bonchev–Trinajstić information content (AvgIpc) is 2.92. The molecule has 0 bridgehead atoms. The number of allylic oxidation sites excluding steroid dienone is 1. The topological polar surface area (TPSA) is 66.8 Å². The summed E-state index contributed by atoms with van der Waals surface area (Å²) in [6, 6.07) is 0. The Morgan fingerprint density at radius 1 is 1.33 bits per heavy atom. The number of methoxy groups -OCH3 is 1. The van der Waals surface area contributed by atoms with Crippen LogP contribution in [0.15, 0.2) is 24.3 Å². The molecule has 0 aromatic heterocycles. The predicted molar refractivity (Wildman–Crippen MR) is 106 cm³/mol. The minimum Gasteiger partial charge on any atom is -0.466 e. The van der Waals surface area contributed by atoms with Crippen LogP contribution in [-0.4, -0.2) is 41.7 Å². The lowest BCUT2D eigenvalue weighted by Gasteiger charge is -2.21. The van der Waals surface area contributed by atoms with Crippen LogP contribution in [0.3, 0.4) is 0 Å². The van der Waals surface area contributed by atoms with Gasteiger partial charge in [0.2, 0.25) is 0 Å². The van der Waals surface area contributed by atoms with Crippen LogP contribution >= 0.6 is 0 Å². The number of esters is 1. The van der Waals surface area contributed by atoms with Gasteiger partial charge in [0.15, 0.2) is 0 Å². The van der Waals surface area contributed by atoms with Gasteiger partial charge in [-0.3, -0.25) is 0 Å². The van der Waals surface area contributed by atoms with Crippen molar-refractivity contribution >= 4 is 5.97 Å². The van der Waals surface area contributed by atoms with Crippen LogP contribution in [0.2, 0.25) is 0 Å². The Kier molecular flexibility index (Phi) is 11.5. The summed E-state index contributed by atoms with van der Waals surface area (Å²) in [6.07, 6.45) is 11.0. The van der Waals surface area contributed by atoms with Gasteiger partial charge in [0, 0.05) is 18.4 Å². The molecule has 2 N–H and O–H groups in total. The van der Waals surface area contributed by atoms with E-state index < -0.39 is 18.4 Å². The molecule has 6 atom stereocenters. The highest BCUT2D eigenvalue weighted by Crippen LogP contribution is 2.39. The van der Waals surface area contributed by atoms with Crippen LogP contribution < -0.4 is 0 Å². The summed E-state index contributed by atoms with van der Waals surface area (Å²) in [6.45, 7) is 4.15. The number of hydrogen-bond donors (Lipinski definition) is 2. The Bertz CT molecular complexity index is 477. The molecule has 5 heteroatoms. The summed E-state index contributed by atoms with van der Waals surface area (Å²) < 4.78 is 18.9. The lowest BCUT2D eigenvalue weighted by atomic mass is 9.87. The molecule has 0 aromatic carbocycles. The Morgan fingerprint density at radius 2 is 2.07 bits per heavy atom. The molecule has 0 spiro atoms. The van der Waals surface area contributed by atoms with Crippen molar-refractivity contribution in [2.45, 2.75) is 83.6 Å². The minimum atomic E-state index is -1.00. The fraction of sp³-hybridized carbons (Fsp3) is 0.773. The van der Waals surface area contributed by atoms with Crippen LogP contribution in [0, 0.1) is 17.8 Å². The first kappa shape index (κ1) is 23.8.